The van der Waals surface area contributed by atoms with Crippen molar-refractivity contribution in [3.05, 3.63) is 22.6 Å². The number of anilines is 1. The number of nitrogen functional groups attached to an aromatic ring is 1. The molecule has 1 heterocycles. The molecule has 0 saturated heterocycles. The fraction of sp³-hybridized carbons (Fsp3) is 0.308. The molecule has 5 nitrogen and oxygen atoms in total. The first kappa shape index (κ1) is 12.3. The molecule has 0 saturated carbocycles. The van der Waals surface area contributed by atoms with Crippen LogP contribution in [0.25, 0.3) is 11.3 Å². The van der Waals surface area contributed by atoms with E-state index in [1.807, 2.05) is 12.1 Å². The zero-order chi connectivity index (χ0) is 13.6. The maximum Gasteiger partial charge on any atom is 0.180 e. The summed E-state index contributed by atoms with van der Waals surface area (Å²) in [7, 11) is 4.91. The number of nitrogens with two attached hydrogens (primary N) is 1. The Hall–Kier alpha value is -1.79. The molecule has 6 heteroatoms. The predicted octanol–water partition coefficient (Wildman–Crippen LogP) is 2.46. The lowest BCUT2D eigenvalue weighted by molar-refractivity contribution is 0.139. The number of aromatic nitrogens is 1. The van der Waals surface area contributed by atoms with E-state index in [4.69, 9.17) is 19.9 Å². The van der Waals surface area contributed by atoms with Crippen molar-refractivity contribution in [2.45, 2.75) is 6.10 Å². The van der Waals surface area contributed by atoms with Crippen molar-refractivity contribution in [3.63, 3.8) is 0 Å². The van der Waals surface area contributed by atoms with Gasteiger partial charge in [-0.05, 0) is 12.1 Å². The van der Waals surface area contributed by atoms with Crippen LogP contribution < -0.4 is 15.2 Å². The summed E-state index contributed by atoms with van der Waals surface area (Å²) in [6.45, 7) is 0. The minimum absolute atomic E-state index is 0.204. The van der Waals surface area contributed by atoms with Gasteiger partial charge in [-0.3, -0.25) is 0 Å². The highest BCUT2D eigenvalue weighted by Crippen LogP contribution is 2.53. The highest BCUT2D eigenvalue weighted by molar-refractivity contribution is 7.16. The van der Waals surface area contributed by atoms with Crippen LogP contribution in [0.5, 0.6) is 11.5 Å². The lowest BCUT2D eigenvalue weighted by Gasteiger charge is -2.16. The molecule has 0 radical (unpaired) electrons. The highest BCUT2D eigenvalue weighted by atomic mass is 32.1. The second kappa shape index (κ2) is 4.40. The van der Waals surface area contributed by atoms with E-state index in [0.29, 0.717) is 16.6 Å². The zero-order valence-electron chi connectivity index (χ0n) is 10.9. The molecule has 1 aliphatic carbocycles. The maximum atomic E-state index is 5.79. The van der Waals surface area contributed by atoms with Crippen molar-refractivity contribution < 1.29 is 14.2 Å². The molecular formula is C13H14N2O3S. The van der Waals surface area contributed by atoms with Gasteiger partial charge >= 0.3 is 0 Å². The first-order valence-corrected chi connectivity index (χ1v) is 6.57. The number of hydrogen-bond acceptors (Lipinski definition) is 6. The summed E-state index contributed by atoms with van der Waals surface area (Å²) in [6.07, 6.45) is -0.204. The summed E-state index contributed by atoms with van der Waals surface area (Å²) in [6, 6.07) is 3.84. The Morgan fingerprint density at radius 1 is 1.21 bits per heavy atom. The van der Waals surface area contributed by atoms with Gasteiger partial charge in [-0.25, -0.2) is 4.98 Å². The summed E-state index contributed by atoms with van der Waals surface area (Å²) in [5, 5.41) is 0.549. The highest BCUT2D eigenvalue weighted by Gasteiger charge is 2.36. The quantitative estimate of drug-likeness (QED) is 0.934. The second-order valence-electron chi connectivity index (χ2n) is 4.14. The number of hydrogen-bond donors (Lipinski definition) is 1. The normalized spacial score (nSPS) is 16.1. The van der Waals surface area contributed by atoms with Crippen LogP contribution >= 0.6 is 11.3 Å². The van der Waals surface area contributed by atoms with Crippen LogP contribution in [0.4, 0.5) is 5.13 Å². The average Bonchev–Trinajstić information content (AvgIpc) is 2.92. The molecule has 1 aliphatic rings. The lowest BCUT2D eigenvalue weighted by Crippen LogP contribution is -2.02. The van der Waals surface area contributed by atoms with Crippen molar-refractivity contribution in [3.8, 4) is 22.8 Å². The summed E-state index contributed by atoms with van der Waals surface area (Å²) < 4.78 is 16.4. The fourth-order valence-electron chi connectivity index (χ4n) is 2.49. The Balaban J connectivity index is 2.29. The van der Waals surface area contributed by atoms with Crippen molar-refractivity contribution in [1.82, 2.24) is 4.98 Å². The molecule has 1 atom stereocenters. The van der Waals surface area contributed by atoms with Gasteiger partial charge < -0.3 is 19.9 Å². The van der Waals surface area contributed by atoms with Gasteiger partial charge in [0.05, 0.1) is 24.8 Å². The van der Waals surface area contributed by atoms with Gasteiger partial charge in [0.15, 0.2) is 16.6 Å². The number of benzene rings is 1. The van der Waals surface area contributed by atoms with Crippen molar-refractivity contribution in [1.29, 1.82) is 0 Å². The monoisotopic (exact) mass is 278 g/mol. The molecule has 2 N–H and O–H groups in total. The Bertz CT molecular complexity index is 639. The molecule has 19 heavy (non-hydrogen) atoms. The van der Waals surface area contributed by atoms with Crippen LogP contribution in [-0.4, -0.2) is 26.3 Å². The molecule has 1 aromatic heterocycles. The van der Waals surface area contributed by atoms with Gasteiger partial charge in [0.2, 0.25) is 0 Å². The average molecular weight is 278 g/mol. The van der Waals surface area contributed by atoms with E-state index in [-0.39, 0.29) is 6.10 Å². The summed E-state index contributed by atoms with van der Waals surface area (Å²) >= 11 is 1.44. The van der Waals surface area contributed by atoms with E-state index in [2.05, 4.69) is 4.98 Å². The molecule has 0 spiro atoms. The van der Waals surface area contributed by atoms with E-state index < -0.39 is 0 Å². The Labute approximate surface area is 114 Å². The van der Waals surface area contributed by atoms with E-state index >= 15 is 0 Å². The van der Waals surface area contributed by atoms with Crippen molar-refractivity contribution in [2.24, 2.45) is 0 Å². The Morgan fingerprint density at radius 3 is 2.63 bits per heavy atom. The van der Waals surface area contributed by atoms with Crippen LogP contribution in [0, 0.1) is 0 Å². The van der Waals surface area contributed by atoms with Gasteiger partial charge in [-0.1, -0.05) is 11.3 Å². The third-order valence-corrected chi connectivity index (χ3v) is 4.17. The second-order valence-corrected chi connectivity index (χ2v) is 5.21. The SMILES string of the molecule is COc1ccc2c(c1OC)C(OC)c1sc(N)nc1-2. The lowest BCUT2D eigenvalue weighted by atomic mass is 10.1. The Kier molecular flexibility index (Phi) is 2.83. The van der Waals surface area contributed by atoms with Crippen LogP contribution in [0.15, 0.2) is 12.1 Å². The molecular weight excluding hydrogens is 264 g/mol. The molecule has 0 fully saturated rings. The van der Waals surface area contributed by atoms with Crippen molar-refractivity contribution in [2.75, 3.05) is 27.1 Å². The van der Waals surface area contributed by atoms with E-state index in [1.165, 1.54) is 11.3 Å². The van der Waals surface area contributed by atoms with Crippen LogP contribution in [0.3, 0.4) is 0 Å². The third kappa shape index (κ3) is 1.60. The minimum Gasteiger partial charge on any atom is -0.493 e. The van der Waals surface area contributed by atoms with E-state index in [1.54, 1.807) is 21.3 Å². The topological polar surface area (TPSA) is 66.6 Å². The standard InChI is InChI=1S/C13H14N2O3S/c1-16-7-5-4-6-8(10(7)17-2)11(18-3)12-9(6)15-13(14)19-12/h4-5,11H,1-3H3,(H2,14,15). The molecule has 0 aliphatic heterocycles. The summed E-state index contributed by atoms with van der Waals surface area (Å²) in [5.41, 5.74) is 8.61. The number of methoxy groups -OCH3 is 3. The molecule has 1 unspecified atom stereocenters. The zero-order valence-corrected chi connectivity index (χ0v) is 11.7. The van der Waals surface area contributed by atoms with E-state index in [0.717, 1.165) is 21.7 Å². The maximum absolute atomic E-state index is 5.79. The number of fused-ring (bicyclic) bond motifs is 3. The van der Waals surface area contributed by atoms with Gasteiger partial charge in [-0.15, -0.1) is 0 Å². The van der Waals surface area contributed by atoms with Crippen LogP contribution in [0.1, 0.15) is 16.5 Å². The molecule has 0 amide bonds. The minimum atomic E-state index is -0.204. The smallest absolute Gasteiger partial charge is 0.180 e. The van der Waals surface area contributed by atoms with Crippen LogP contribution in [-0.2, 0) is 4.74 Å². The fourth-order valence-corrected chi connectivity index (χ4v) is 3.43. The van der Waals surface area contributed by atoms with Crippen molar-refractivity contribution >= 4 is 16.5 Å². The number of ether oxygens (including phenoxy) is 3. The van der Waals surface area contributed by atoms with Gasteiger partial charge in [0.1, 0.15) is 6.10 Å². The number of rotatable bonds is 3. The molecule has 0 bridgehead atoms. The first-order chi connectivity index (χ1) is 9.21. The van der Waals surface area contributed by atoms with E-state index in [9.17, 15) is 0 Å². The summed E-state index contributed by atoms with van der Waals surface area (Å²) in [5.74, 6) is 1.38. The van der Waals surface area contributed by atoms with Crippen LogP contribution in [0.2, 0.25) is 0 Å². The van der Waals surface area contributed by atoms with Gasteiger partial charge in [0, 0.05) is 18.2 Å². The largest absolute Gasteiger partial charge is 0.493 e. The molecule has 1 aromatic carbocycles. The predicted molar refractivity (Wildman–Crippen MR) is 73.9 cm³/mol. The van der Waals surface area contributed by atoms with Gasteiger partial charge in [-0.2, -0.15) is 0 Å². The number of nitrogens with zero attached hydrogens (tertiary/aromatic N) is 1. The Morgan fingerprint density at radius 2 is 2.00 bits per heavy atom. The van der Waals surface area contributed by atoms with Gasteiger partial charge in [0.25, 0.3) is 0 Å². The molecule has 100 valence electrons. The molecule has 2 aromatic rings. The third-order valence-electron chi connectivity index (χ3n) is 3.25. The number of thiazole rings is 1. The molecule has 3 rings (SSSR count). The first-order valence-electron chi connectivity index (χ1n) is 5.75. The summed E-state index contributed by atoms with van der Waals surface area (Å²) in [4.78, 5) is 5.40.